The highest BCUT2D eigenvalue weighted by atomic mass is 35.5. The van der Waals surface area contributed by atoms with Crippen LogP contribution in [0, 0.1) is 0 Å². The van der Waals surface area contributed by atoms with Gasteiger partial charge in [0.1, 0.15) is 0 Å². The molecule has 0 radical (unpaired) electrons. The van der Waals surface area contributed by atoms with Gasteiger partial charge in [0.05, 0.1) is 15.6 Å². The predicted octanol–water partition coefficient (Wildman–Crippen LogP) is 5.15. The number of carbonyl (C=O) groups excluding carboxylic acids is 1. The highest BCUT2D eigenvalue weighted by molar-refractivity contribution is 6.39. The van der Waals surface area contributed by atoms with E-state index in [0.717, 1.165) is 12.8 Å². The van der Waals surface area contributed by atoms with E-state index in [1.807, 2.05) is 0 Å². The van der Waals surface area contributed by atoms with Gasteiger partial charge in [-0.3, -0.25) is 4.79 Å². The molecule has 0 aliphatic carbocycles. The van der Waals surface area contributed by atoms with Crippen molar-refractivity contribution in [3.05, 3.63) is 33.8 Å². The molecule has 1 aromatic rings. The first kappa shape index (κ1) is 13.5. The number of halogens is 2. The van der Waals surface area contributed by atoms with Gasteiger partial charge in [0, 0.05) is 6.42 Å². The zero-order valence-corrected chi connectivity index (χ0v) is 10.9. The van der Waals surface area contributed by atoms with Crippen LogP contribution in [0.5, 0.6) is 0 Å². The predicted molar refractivity (Wildman–Crippen MR) is 69.6 cm³/mol. The smallest absolute Gasteiger partial charge is 0.165 e. The Morgan fingerprint density at radius 1 is 1.12 bits per heavy atom. The van der Waals surface area contributed by atoms with Crippen molar-refractivity contribution in [2.75, 3.05) is 0 Å². The Balaban J connectivity index is 2.59. The van der Waals surface area contributed by atoms with Crippen LogP contribution in [0.25, 0.3) is 0 Å². The minimum atomic E-state index is 0.0479. The van der Waals surface area contributed by atoms with Crippen molar-refractivity contribution in [1.82, 2.24) is 0 Å². The van der Waals surface area contributed by atoms with Crippen LogP contribution < -0.4 is 0 Å². The Bertz CT molecular complexity index is 341. The lowest BCUT2D eigenvalue weighted by Gasteiger charge is -2.05. The minimum absolute atomic E-state index is 0.0479. The second-order valence-electron chi connectivity index (χ2n) is 3.83. The molecule has 3 heteroatoms. The summed E-state index contributed by atoms with van der Waals surface area (Å²) in [5, 5.41) is 0.904. The van der Waals surface area contributed by atoms with Gasteiger partial charge in [-0.15, -0.1) is 0 Å². The Labute approximate surface area is 107 Å². The van der Waals surface area contributed by atoms with Crippen molar-refractivity contribution in [2.45, 2.75) is 39.0 Å². The van der Waals surface area contributed by atoms with Crippen LogP contribution in [0.4, 0.5) is 0 Å². The molecule has 1 rings (SSSR count). The summed E-state index contributed by atoms with van der Waals surface area (Å²) < 4.78 is 0. The largest absolute Gasteiger partial charge is 0.294 e. The molecule has 0 saturated carbocycles. The van der Waals surface area contributed by atoms with E-state index in [4.69, 9.17) is 23.2 Å². The number of hydrogen-bond donors (Lipinski definition) is 0. The molecule has 0 N–H and O–H groups in total. The van der Waals surface area contributed by atoms with Crippen molar-refractivity contribution in [3.8, 4) is 0 Å². The lowest BCUT2D eigenvalue weighted by atomic mass is 10.0. The van der Waals surface area contributed by atoms with Gasteiger partial charge in [-0.25, -0.2) is 0 Å². The maximum atomic E-state index is 11.9. The summed E-state index contributed by atoms with van der Waals surface area (Å²) >= 11 is 11.9. The second kappa shape index (κ2) is 6.93. The molecule has 0 fully saturated rings. The normalized spacial score (nSPS) is 10.4. The third kappa shape index (κ3) is 3.80. The number of benzene rings is 1. The number of hydrogen-bond acceptors (Lipinski definition) is 1. The Hall–Kier alpha value is -0.530. The Morgan fingerprint density at radius 3 is 2.31 bits per heavy atom. The average molecular weight is 259 g/mol. The van der Waals surface area contributed by atoms with Crippen LogP contribution in [-0.4, -0.2) is 5.78 Å². The molecule has 0 amide bonds. The SMILES string of the molecule is CCCCCCC(=O)c1c(Cl)cccc1Cl. The zero-order valence-electron chi connectivity index (χ0n) is 9.43. The van der Waals surface area contributed by atoms with Crippen molar-refractivity contribution < 1.29 is 4.79 Å². The molecule has 0 spiro atoms. The van der Waals surface area contributed by atoms with Gasteiger partial charge >= 0.3 is 0 Å². The van der Waals surface area contributed by atoms with Crippen molar-refractivity contribution >= 4 is 29.0 Å². The first-order valence-electron chi connectivity index (χ1n) is 5.64. The van der Waals surface area contributed by atoms with E-state index < -0.39 is 0 Å². The molecule has 0 aromatic heterocycles. The first-order valence-corrected chi connectivity index (χ1v) is 6.39. The molecule has 16 heavy (non-hydrogen) atoms. The Morgan fingerprint density at radius 2 is 1.75 bits per heavy atom. The summed E-state index contributed by atoms with van der Waals surface area (Å²) in [6, 6.07) is 5.15. The van der Waals surface area contributed by atoms with Gasteiger partial charge < -0.3 is 0 Å². The van der Waals surface area contributed by atoms with Crippen LogP contribution in [0.3, 0.4) is 0 Å². The highest BCUT2D eigenvalue weighted by Crippen LogP contribution is 2.26. The van der Waals surface area contributed by atoms with E-state index in [2.05, 4.69) is 6.92 Å². The molecular formula is C13H16Cl2O. The van der Waals surface area contributed by atoms with E-state index in [1.165, 1.54) is 12.8 Å². The zero-order chi connectivity index (χ0) is 12.0. The Kier molecular flexibility index (Phi) is 5.86. The fourth-order valence-corrected chi connectivity index (χ4v) is 2.21. The first-order chi connectivity index (χ1) is 7.66. The molecule has 0 aliphatic heterocycles. The summed E-state index contributed by atoms with van der Waals surface area (Å²) in [6.45, 7) is 2.15. The van der Waals surface area contributed by atoms with Gasteiger partial charge in [0.2, 0.25) is 0 Å². The summed E-state index contributed by atoms with van der Waals surface area (Å²) in [7, 11) is 0. The van der Waals surface area contributed by atoms with Gasteiger partial charge in [0.25, 0.3) is 0 Å². The van der Waals surface area contributed by atoms with Crippen molar-refractivity contribution in [3.63, 3.8) is 0 Å². The van der Waals surface area contributed by atoms with Gasteiger partial charge in [-0.05, 0) is 18.6 Å². The molecule has 1 nitrogen and oxygen atoms in total. The molecule has 0 unspecified atom stereocenters. The number of ketones is 1. The standard InChI is InChI=1S/C13H16Cl2O/c1-2-3-4-5-9-12(16)13-10(14)7-6-8-11(13)15/h6-8H,2-5,9H2,1H3. The van der Waals surface area contributed by atoms with Crippen LogP contribution in [0.15, 0.2) is 18.2 Å². The van der Waals surface area contributed by atoms with Crippen LogP contribution in [0.1, 0.15) is 49.4 Å². The molecule has 0 atom stereocenters. The highest BCUT2D eigenvalue weighted by Gasteiger charge is 2.13. The molecular weight excluding hydrogens is 243 g/mol. The quantitative estimate of drug-likeness (QED) is 0.510. The topological polar surface area (TPSA) is 17.1 Å². The number of unbranched alkanes of at least 4 members (excludes halogenated alkanes) is 3. The molecule has 88 valence electrons. The molecule has 0 heterocycles. The van der Waals surface area contributed by atoms with E-state index in [1.54, 1.807) is 18.2 Å². The fourth-order valence-electron chi connectivity index (χ4n) is 1.60. The van der Waals surface area contributed by atoms with E-state index in [0.29, 0.717) is 22.0 Å². The van der Waals surface area contributed by atoms with Gasteiger partial charge in [-0.1, -0.05) is 55.5 Å². The van der Waals surface area contributed by atoms with Crippen LogP contribution in [0.2, 0.25) is 10.0 Å². The van der Waals surface area contributed by atoms with E-state index in [-0.39, 0.29) is 5.78 Å². The maximum Gasteiger partial charge on any atom is 0.165 e. The summed E-state index contributed by atoms with van der Waals surface area (Å²) in [4.78, 5) is 11.9. The van der Waals surface area contributed by atoms with Crippen LogP contribution in [-0.2, 0) is 0 Å². The monoisotopic (exact) mass is 258 g/mol. The van der Waals surface area contributed by atoms with Crippen molar-refractivity contribution in [2.24, 2.45) is 0 Å². The summed E-state index contributed by atoms with van der Waals surface area (Å²) in [5.74, 6) is 0.0479. The summed E-state index contributed by atoms with van der Waals surface area (Å²) in [6.07, 6.45) is 4.87. The lowest BCUT2D eigenvalue weighted by Crippen LogP contribution is -2.01. The maximum absolute atomic E-state index is 11.9. The molecule has 0 saturated heterocycles. The third-order valence-corrected chi connectivity index (χ3v) is 3.13. The fraction of sp³-hybridized carbons (Fsp3) is 0.462. The van der Waals surface area contributed by atoms with Gasteiger partial charge in [-0.2, -0.15) is 0 Å². The number of Topliss-reactive ketones (excluding diaryl/α,β-unsaturated/α-hetero) is 1. The number of carbonyl (C=O) groups is 1. The van der Waals surface area contributed by atoms with Gasteiger partial charge in [0.15, 0.2) is 5.78 Å². The molecule has 1 aromatic carbocycles. The molecule has 0 bridgehead atoms. The third-order valence-electron chi connectivity index (χ3n) is 2.50. The lowest BCUT2D eigenvalue weighted by molar-refractivity contribution is 0.0979. The second-order valence-corrected chi connectivity index (χ2v) is 4.64. The summed E-state index contributed by atoms with van der Waals surface area (Å²) in [5.41, 5.74) is 0.474. The van der Waals surface area contributed by atoms with Crippen molar-refractivity contribution in [1.29, 1.82) is 0 Å². The van der Waals surface area contributed by atoms with E-state index >= 15 is 0 Å². The average Bonchev–Trinajstić information content (AvgIpc) is 2.24. The molecule has 0 aliphatic rings. The number of rotatable bonds is 6. The minimum Gasteiger partial charge on any atom is -0.294 e. The van der Waals surface area contributed by atoms with E-state index in [9.17, 15) is 4.79 Å². The van der Waals surface area contributed by atoms with Crippen LogP contribution >= 0.6 is 23.2 Å².